The fraction of sp³-hybridized carbons (Fsp3) is 0.0667. The van der Waals surface area contributed by atoms with E-state index in [4.69, 9.17) is 9.47 Å². The average Bonchev–Trinajstić information content (AvgIpc) is 2.88. The van der Waals surface area contributed by atoms with Gasteiger partial charge >= 0.3 is 0 Å². The molecule has 0 fully saturated rings. The first-order valence-corrected chi connectivity index (χ1v) is 10.6. The maximum Gasteiger partial charge on any atom is 0.123 e. The van der Waals surface area contributed by atoms with Crippen molar-refractivity contribution >= 4 is 24.3 Å². The Balaban J connectivity index is 0.000000194. The van der Waals surface area contributed by atoms with Crippen molar-refractivity contribution in [2.24, 2.45) is 0 Å². The number of ether oxygens (including phenoxy) is 2. The number of phenols is 1. The molecule has 4 aromatic rings. The first kappa shape index (κ1) is 23.4. The first-order valence-electron chi connectivity index (χ1n) is 10.6. The molecule has 4 aromatic carbocycles. The molecule has 3 nitrogen and oxygen atoms in total. The molecule has 0 amide bonds. The Morgan fingerprint density at radius 3 is 1.30 bits per heavy atom. The van der Waals surface area contributed by atoms with E-state index >= 15 is 0 Å². The smallest absolute Gasteiger partial charge is 0.123 e. The molecule has 1 N–H and O–H groups in total. The van der Waals surface area contributed by atoms with Gasteiger partial charge < -0.3 is 14.6 Å². The second-order valence-corrected chi connectivity index (χ2v) is 7.23. The van der Waals surface area contributed by atoms with Gasteiger partial charge in [-0.2, -0.15) is 0 Å². The van der Waals surface area contributed by atoms with Crippen LogP contribution in [0.25, 0.3) is 24.3 Å². The Bertz CT molecular complexity index is 1100. The summed E-state index contributed by atoms with van der Waals surface area (Å²) in [6.07, 6.45) is 8.18. The Morgan fingerprint density at radius 1 is 0.485 bits per heavy atom. The lowest BCUT2D eigenvalue weighted by Gasteiger charge is -2.05. The monoisotopic (exact) mass is 436 g/mol. The largest absolute Gasteiger partial charge is 0.508 e. The van der Waals surface area contributed by atoms with Crippen LogP contribution >= 0.6 is 0 Å². The molecule has 0 radical (unpaired) electrons. The lowest BCUT2D eigenvalue weighted by atomic mass is 10.1. The fourth-order valence-electron chi connectivity index (χ4n) is 3.02. The predicted octanol–water partition coefficient (Wildman–Crippen LogP) is 7.44. The third-order valence-electron chi connectivity index (χ3n) is 4.80. The van der Waals surface area contributed by atoms with Gasteiger partial charge in [0.25, 0.3) is 0 Å². The molecule has 0 aromatic heterocycles. The molecule has 0 heterocycles. The molecule has 166 valence electrons. The second kappa shape index (κ2) is 12.6. The normalized spacial score (nSPS) is 10.6. The predicted molar refractivity (Wildman–Crippen MR) is 138 cm³/mol. The van der Waals surface area contributed by atoms with Crippen LogP contribution in [-0.4, -0.2) is 19.3 Å². The van der Waals surface area contributed by atoms with Crippen molar-refractivity contribution in [3.63, 3.8) is 0 Å². The van der Waals surface area contributed by atoms with Crippen LogP contribution in [0.1, 0.15) is 22.3 Å². The highest BCUT2D eigenvalue weighted by molar-refractivity contribution is 5.71. The molecule has 0 saturated carbocycles. The highest BCUT2D eigenvalue weighted by atomic mass is 16.5. The van der Waals surface area contributed by atoms with Crippen molar-refractivity contribution in [3.8, 4) is 17.2 Å². The van der Waals surface area contributed by atoms with E-state index in [0.29, 0.717) is 0 Å². The molecule has 0 saturated heterocycles. The van der Waals surface area contributed by atoms with E-state index in [0.717, 1.165) is 22.6 Å². The third-order valence-corrected chi connectivity index (χ3v) is 4.80. The van der Waals surface area contributed by atoms with Crippen molar-refractivity contribution < 1.29 is 14.6 Å². The number of hydrogen-bond acceptors (Lipinski definition) is 3. The quantitative estimate of drug-likeness (QED) is 0.319. The molecular formula is C30H28O3. The molecule has 33 heavy (non-hydrogen) atoms. The van der Waals surface area contributed by atoms with E-state index in [1.807, 2.05) is 78.9 Å². The van der Waals surface area contributed by atoms with Crippen molar-refractivity contribution in [2.75, 3.05) is 14.2 Å². The number of rotatable bonds is 6. The maximum atomic E-state index is 9.22. The molecule has 0 aliphatic rings. The Morgan fingerprint density at radius 2 is 0.879 bits per heavy atom. The van der Waals surface area contributed by atoms with Gasteiger partial charge in [0.15, 0.2) is 0 Å². The van der Waals surface area contributed by atoms with Gasteiger partial charge in [0.1, 0.15) is 17.2 Å². The van der Waals surface area contributed by atoms with E-state index in [1.165, 1.54) is 11.1 Å². The lowest BCUT2D eigenvalue weighted by Crippen LogP contribution is -1.88. The summed E-state index contributed by atoms with van der Waals surface area (Å²) >= 11 is 0. The van der Waals surface area contributed by atoms with Crippen LogP contribution in [0.3, 0.4) is 0 Å². The summed E-state index contributed by atoms with van der Waals surface area (Å²) in [6.45, 7) is 0. The van der Waals surface area contributed by atoms with Crippen LogP contribution in [0, 0.1) is 0 Å². The van der Waals surface area contributed by atoms with E-state index in [1.54, 1.807) is 26.4 Å². The average molecular weight is 437 g/mol. The number of phenolic OH excluding ortho intramolecular Hbond substituents is 1. The Labute approximate surface area is 195 Å². The summed E-state index contributed by atoms with van der Waals surface area (Å²) in [5, 5.41) is 9.22. The van der Waals surface area contributed by atoms with Gasteiger partial charge in [-0.15, -0.1) is 0 Å². The van der Waals surface area contributed by atoms with Crippen LogP contribution in [0.4, 0.5) is 0 Å². The van der Waals surface area contributed by atoms with E-state index in [2.05, 4.69) is 36.4 Å². The summed E-state index contributed by atoms with van der Waals surface area (Å²) in [6, 6.07) is 33.3. The Hall–Kier alpha value is -4.24. The van der Waals surface area contributed by atoms with Crippen molar-refractivity contribution in [1.82, 2.24) is 0 Å². The van der Waals surface area contributed by atoms with Gasteiger partial charge in [0.2, 0.25) is 0 Å². The SMILES string of the molecule is C(=Cc1ccccc1)c1ccccc1.COc1cc(C=Cc2ccc(O)cc2)cc(OC)c1. The van der Waals surface area contributed by atoms with Gasteiger partial charge in [0.05, 0.1) is 14.2 Å². The summed E-state index contributed by atoms with van der Waals surface area (Å²) in [5.74, 6) is 1.77. The lowest BCUT2D eigenvalue weighted by molar-refractivity contribution is 0.394. The van der Waals surface area contributed by atoms with Crippen molar-refractivity contribution in [1.29, 1.82) is 0 Å². The molecule has 0 aliphatic heterocycles. The van der Waals surface area contributed by atoms with Crippen LogP contribution in [0.2, 0.25) is 0 Å². The highest BCUT2D eigenvalue weighted by Crippen LogP contribution is 2.24. The van der Waals surface area contributed by atoms with Gasteiger partial charge in [0, 0.05) is 6.07 Å². The number of methoxy groups -OCH3 is 2. The zero-order valence-electron chi connectivity index (χ0n) is 18.9. The second-order valence-electron chi connectivity index (χ2n) is 7.23. The van der Waals surface area contributed by atoms with Gasteiger partial charge in [-0.05, 0) is 46.5 Å². The summed E-state index contributed by atoms with van der Waals surface area (Å²) < 4.78 is 10.4. The minimum Gasteiger partial charge on any atom is -0.508 e. The number of hydrogen-bond donors (Lipinski definition) is 1. The van der Waals surface area contributed by atoms with Crippen molar-refractivity contribution in [3.05, 3.63) is 125 Å². The summed E-state index contributed by atoms with van der Waals surface area (Å²) in [4.78, 5) is 0. The fourth-order valence-corrected chi connectivity index (χ4v) is 3.02. The molecular weight excluding hydrogens is 408 g/mol. The van der Waals surface area contributed by atoms with Gasteiger partial charge in [-0.25, -0.2) is 0 Å². The third kappa shape index (κ3) is 8.08. The first-order chi connectivity index (χ1) is 16.2. The van der Waals surface area contributed by atoms with E-state index < -0.39 is 0 Å². The van der Waals surface area contributed by atoms with Gasteiger partial charge in [-0.1, -0.05) is 97.1 Å². The number of aromatic hydroxyl groups is 1. The summed E-state index contributed by atoms with van der Waals surface area (Å²) in [5.41, 5.74) is 4.47. The van der Waals surface area contributed by atoms with E-state index in [-0.39, 0.29) is 5.75 Å². The standard InChI is InChI=1S/C16H16O3.C14H12/c1-18-15-9-13(10-16(11-15)19-2)4-3-12-5-7-14(17)8-6-12;1-3-7-13(8-4-1)11-12-14-9-5-2-6-10-14/h3-11,17H,1-2H3;1-12H. The highest BCUT2D eigenvalue weighted by Gasteiger charge is 1.99. The molecule has 0 aliphatic carbocycles. The summed E-state index contributed by atoms with van der Waals surface area (Å²) in [7, 11) is 3.25. The molecule has 0 spiro atoms. The zero-order valence-corrected chi connectivity index (χ0v) is 18.9. The number of benzene rings is 4. The minimum atomic E-state index is 0.264. The van der Waals surface area contributed by atoms with Crippen LogP contribution in [0.5, 0.6) is 17.2 Å². The van der Waals surface area contributed by atoms with Crippen molar-refractivity contribution in [2.45, 2.75) is 0 Å². The van der Waals surface area contributed by atoms with Crippen LogP contribution in [-0.2, 0) is 0 Å². The molecule has 0 bridgehead atoms. The van der Waals surface area contributed by atoms with E-state index in [9.17, 15) is 5.11 Å². The molecule has 4 rings (SSSR count). The molecule has 3 heteroatoms. The van der Waals surface area contributed by atoms with Crippen LogP contribution < -0.4 is 9.47 Å². The zero-order chi connectivity index (χ0) is 23.3. The topological polar surface area (TPSA) is 38.7 Å². The van der Waals surface area contributed by atoms with Crippen LogP contribution in [0.15, 0.2) is 103 Å². The molecule has 0 atom stereocenters. The van der Waals surface area contributed by atoms with Gasteiger partial charge in [-0.3, -0.25) is 0 Å². The molecule has 0 unspecified atom stereocenters. The minimum absolute atomic E-state index is 0.264. The Kier molecular flexibility index (Phi) is 8.93. The maximum absolute atomic E-state index is 9.22.